The fourth-order valence-corrected chi connectivity index (χ4v) is 2.89. The molecule has 1 aliphatic carbocycles. The summed E-state index contributed by atoms with van der Waals surface area (Å²) in [5, 5.41) is 13.1. The van der Waals surface area contributed by atoms with E-state index in [2.05, 4.69) is 21.0 Å². The zero-order chi connectivity index (χ0) is 16.6. The molecule has 1 aromatic carbocycles. The summed E-state index contributed by atoms with van der Waals surface area (Å²) in [6.07, 6.45) is 2.43. The highest BCUT2D eigenvalue weighted by Gasteiger charge is 2.24. The first-order valence-corrected chi connectivity index (χ1v) is 8.07. The minimum atomic E-state index is -1.05. The molecule has 1 aromatic heterocycles. The third-order valence-electron chi connectivity index (χ3n) is 3.78. The molecule has 1 fully saturated rings. The molecule has 2 aromatic rings. The van der Waals surface area contributed by atoms with E-state index in [1.54, 1.807) is 14.2 Å². The molecule has 1 aliphatic rings. The molecule has 0 aliphatic heterocycles. The van der Waals surface area contributed by atoms with Crippen molar-refractivity contribution in [3.8, 4) is 22.8 Å². The number of halogens is 1. The Labute approximate surface area is 142 Å². The second-order valence-electron chi connectivity index (χ2n) is 5.59. The number of nitrogens with zero attached hydrogens (tertiary/aromatic N) is 2. The number of carbonyl (C=O) groups is 1. The highest BCUT2D eigenvalue weighted by molar-refractivity contribution is 9.10. The fourth-order valence-electron chi connectivity index (χ4n) is 2.34. The van der Waals surface area contributed by atoms with E-state index < -0.39 is 5.97 Å². The van der Waals surface area contributed by atoms with E-state index in [4.69, 9.17) is 14.6 Å². The predicted octanol–water partition coefficient (Wildman–Crippen LogP) is 3.35. The number of ether oxygens (including phenoxy) is 2. The summed E-state index contributed by atoms with van der Waals surface area (Å²) in [4.78, 5) is 11.1. The lowest BCUT2D eigenvalue weighted by atomic mass is 10.1. The van der Waals surface area contributed by atoms with Crippen molar-refractivity contribution in [2.75, 3.05) is 13.7 Å². The first kappa shape index (κ1) is 15.9. The van der Waals surface area contributed by atoms with Crippen LogP contribution in [-0.4, -0.2) is 34.6 Å². The molecule has 1 saturated carbocycles. The maximum Gasteiger partial charge on any atom is 0.356 e. The molecule has 7 heteroatoms. The molecule has 0 spiro atoms. The standard InChI is InChI=1S/C16H17BrN2O4/c1-19-13(7-12(18-19)16(20)21)10-5-11(17)15(14(6-10)22-2)23-8-9-3-4-9/h5-7,9H,3-4,8H2,1-2H3,(H,20,21). The lowest BCUT2D eigenvalue weighted by Gasteiger charge is -2.14. The maximum absolute atomic E-state index is 11.1. The van der Waals surface area contributed by atoms with Crippen molar-refractivity contribution in [2.45, 2.75) is 12.8 Å². The second-order valence-corrected chi connectivity index (χ2v) is 6.44. The van der Waals surface area contributed by atoms with Gasteiger partial charge in [0.25, 0.3) is 0 Å². The number of aryl methyl sites for hydroxylation is 1. The average molecular weight is 381 g/mol. The second kappa shape index (κ2) is 6.23. The summed E-state index contributed by atoms with van der Waals surface area (Å²) in [6, 6.07) is 5.25. The van der Waals surface area contributed by atoms with Gasteiger partial charge in [-0.2, -0.15) is 5.10 Å². The van der Waals surface area contributed by atoms with Gasteiger partial charge in [0.05, 0.1) is 23.9 Å². The number of carboxylic acids is 1. The van der Waals surface area contributed by atoms with Gasteiger partial charge in [0.2, 0.25) is 0 Å². The third-order valence-corrected chi connectivity index (χ3v) is 4.37. The Kier molecular flexibility index (Phi) is 4.30. The van der Waals surface area contributed by atoms with E-state index in [9.17, 15) is 4.79 Å². The number of aromatic carboxylic acids is 1. The lowest BCUT2D eigenvalue weighted by molar-refractivity contribution is 0.0689. The Morgan fingerprint density at radius 2 is 2.17 bits per heavy atom. The number of aromatic nitrogens is 2. The van der Waals surface area contributed by atoms with E-state index in [0.717, 1.165) is 10.0 Å². The summed E-state index contributed by atoms with van der Waals surface area (Å²) >= 11 is 3.52. The quantitative estimate of drug-likeness (QED) is 0.831. The van der Waals surface area contributed by atoms with Crippen LogP contribution >= 0.6 is 15.9 Å². The van der Waals surface area contributed by atoms with Gasteiger partial charge in [-0.1, -0.05) is 0 Å². The molecule has 0 bridgehead atoms. The van der Waals surface area contributed by atoms with Crippen LogP contribution in [0, 0.1) is 5.92 Å². The first-order chi connectivity index (χ1) is 11.0. The number of rotatable bonds is 6. The van der Waals surface area contributed by atoms with Gasteiger partial charge >= 0.3 is 5.97 Å². The predicted molar refractivity (Wildman–Crippen MR) is 88.1 cm³/mol. The Morgan fingerprint density at radius 3 is 2.74 bits per heavy atom. The molecular weight excluding hydrogens is 364 g/mol. The molecule has 122 valence electrons. The van der Waals surface area contributed by atoms with Crippen LogP contribution in [0.1, 0.15) is 23.3 Å². The van der Waals surface area contributed by atoms with Crippen LogP contribution in [0.4, 0.5) is 0 Å². The first-order valence-electron chi connectivity index (χ1n) is 7.27. The van der Waals surface area contributed by atoms with Gasteiger partial charge in [-0.25, -0.2) is 4.79 Å². The lowest BCUT2D eigenvalue weighted by Crippen LogP contribution is -2.02. The maximum atomic E-state index is 11.1. The highest BCUT2D eigenvalue weighted by atomic mass is 79.9. The molecule has 1 N–H and O–H groups in total. The Balaban J connectivity index is 1.96. The van der Waals surface area contributed by atoms with E-state index in [0.29, 0.717) is 29.7 Å². The van der Waals surface area contributed by atoms with Crippen molar-refractivity contribution in [1.82, 2.24) is 9.78 Å². The van der Waals surface area contributed by atoms with Gasteiger partial charge in [-0.15, -0.1) is 0 Å². The number of hydrogen-bond acceptors (Lipinski definition) is 4. The molecule has 23 heavy (non-hydrogen) atoms. The van der Waals surface area contributed by atoms with Crippen LogP contribution in [0.25, 0.3) is 11.3 Å². The molecule has 0 saturated heterocycles. The van der Waals surface area contributed by atoms with Gasteiger partial charge in [0, 0.05) is 12.6 Å². The number of benzene rings is 1. The van der Waals surface area contributed by atoms with Crippen molar-refractivity contribution < 1.29 is 19.4 Å². The molecule has 0 amide bonds. The summed E-state index contributed by atoms with van der Waals surface area (Å²) in [5.41, 5.74) is 1.50. The third kappa shape index (κ3) is 3.34. The van der Waals surface area contributed by atoms with Crippen molar-refractivity contribution in [3.05, 3.63) is 28.4 Å². The smallest absolute Gasteiger partial charge is 0.356 e. The van der Waals surface area contributed by atoms with E-state index in [-0.39, 0.29) is 5.69 Å². The van der Waals surface area contributed by atoms with Crippen LogP contribution in [0.3, 0.4) is 0 Å². The molecule has 3 rings (SSSR count). The zero-order valence-electron chi connectivity index (χ0n) is 12.9. The minimum absolute atomic E-state index is 0.00616. The van der Waals surface area contributed by atoms with Gasteiger partial charge in [0.15, 0.2) is 17.2 Å². The van der Waals surface area contributed by atoms with E-state index in [1.165, 1.54) is 23.6 Å². The monoisotopic (exact) mass is 380 g/mol. The fraction of sp³-hybridized carbons (Fsp3) is 0.375. The minimum Gasteiger partial charge on any atom is -0.493 e. The number of carboxylic acid groups (broad SMARTS) is 1. The number of methoxy groups -OCH3 is 1. The van der Waals surface area contributed by atoms with Gasteiger partial charge < -0.3 is 14.6 Å². The normalized spacial score (nSPS) is 13.9. The van der Waals surface area contributed by atoms with Crippen LogP contribution < -0.4 is 9.47 Å². The van der Waals surface area contributed by atoms with Gasteiger partial charge in [-0.05, 0) is 52.9 Å². The largest absolute Gasteiger partial charge is 0.493 e. The average Bonchev–Trinajstić information content (AvgIpc) is 3.25. The summed E-state index contributed by atoms with van der Waals surface area (Å²) < 4.78 is 13.6. The molecule has 6 nitrogen and oxygen atoms in total. The zero-order valence-corrected chi connectivity index (χ0v) is 14.5. The molecule has 0 atom stereocenters. The van der Waals surface area contributed by atoms with E-state index >= 15 is 0 Å². The summed E-state index contributed by atoms with van der Waals surface area (Å²) in [6.45, 7) is 0.684. The Bertz CT molecular complexity index is 753. The van der Waals surface area contributed by atoms with Crippen molar-refractivity contribution in [2.24, 2.45) is 13.0 Å². The number of hydrogen-bond donors (Lipinski definition) is 1. The van der Waals surface area contributed by atoms with Crippen LogP contribution in [0.2, 0.25) is 0 Å². The molecule has 0 radical (unpaired) electrons. The van der Waals surface area contributed by atoms with Gasteiger partial charge in [-0.3, -0.25) is 4.68 Å². The van der Waals surface area contributed by atoms with Crippen LogP contribution in [-0.2, 0) is 7.05 Å². The topological polar surface area (TPSA) is 73.6 Å². The Morgan fingerprint density at radius 1 is 1.43 bits per heavy atom. The van der Waals surface area contributed by atoms with Crippen LogP contribution in [0.15, 0.2) is 22.7 Å². The molecule has 0 unspecified atom stereocenters. The highest BCUT2D eigenvalue weighted by Crippen LogP contribution is 2.41. The SMILES string of the molecule is COc1cc(-c2cc(C(=O)O)nn2C)cc(Br)c1OCC1CC1. The molecular formula is C16H17BrN2O4. The van der Waals surface area contributed by atoms with Gasteiger partial charge in [0.1, 0.15) is 0 Å². The molecule has 1 heterocycles. The van der Waals surface area contributed by atoms with Crippen molar-refractivity contribution in [1.29, 1.82) is 0 Å². The van der Waals surface area contributed by atoms with E-state index in [1.807, 2.05) is 12.1 Å². The van der Waals surface area contributed by atoms with Crippen molar-refractivity contribution in [3.63, 3.8) is 0 Å². The Hall–Kier alpha value is -2.02. The van der Waals surface area contributed by atoms with Crippen LogP contribution in [0.5, 0.6) is 11.5 Å². The summed E-state index contributed by atoms with van der Waals surface area (Å²) in [5.74, 6) is 0.862. The van der Waals surface area contributed by atoms with Crippen molar-refractivity contribution >= 4 is 21.9 Å². The summed E-state index contributed by atoms with van der Waals surface area (Å²) in [7, 11) is 3.29.